The lowest BCUT2D eigenvalue weighted by Crippen LogP contribution is -2.40. The molecule has 1 saturated carbocycles. The topological polar surface area (TPSA) is 55.1 Å². The second kappa shape index (κ2) is 7.97. The normalized spacial score (nSPS) is 16.3. The Bertz CT molecular complexity index is 737. The van der Waals surface area contributed by atoms with E-state index in [4.69, 9.17) is 5.73 Å². The van der Waals surface area contributed by atoms with Gasteiger partial charge in [-0.25, -0.2) is 8.78 Å². The minimum atomic E-state index is -0.677. The number of rotatable bonds is 7. The molecule has 2 aromatic carbocycles. The van der Waals surface area contributed by atoms with Crippen molar-refractivity contribution in [1.29, 1.82) is 0 Å². The van der Waals surface area contributed by atoms with E-state index in [1.54, 1.807) is 12.1 Å². The third-order valence-electron chi connectivity index (χ3n) is 4.22. The Morgan fingerprint density at radius 3 is 2.60 bits per heavy atom. The number of halogens is 2. The summed E-state index contributed by atoms with van der Waals surface area (Å²) < 4.78 is 27.5. The number of hydrogen-bond donors (Lipinski definition) is 2. The Morgan fingerprint density at radius 1 is 1.20 bits per heavy atom. The molecule has 2 unspecified atom stereocenters. The molecule has 0 radical (unpaired) electrons. The Kier molecular flexibility index (Phi) is 5.71. The molecule has 0 heterocycles. The van der Waals surface area contributed by atoms with Gasteiger partial charge in [-0.2, -0.15) is 0 Å². The third kappa shape index (κ3) is 4.80. The SMILES string of the molecule is NC(CNC(=O)C(Sc1cc(F)ccc1F)c1ccccc1)C1CC1. The van der Waals surface area contributed by atoms with Crippen molar-refractivity contribution in [2.45, 2.75) is 29.0 Å². The van der Waals surface area contributed by atoms with Crippen LogP contribution in [0, 0.1) is 17.6 Å². The monoisotopic (exact) mass is 362 g/mol. The van der Waals surface area contributed by atoms with Crippen molar-refractivity contribution in [2.75, 3.05) is 6.54 Å². The molecule has 1 aliphatic carbocycles. The Balaban J connectivity index is 1.77. The van der Waals surface area contributed by atoms with Crippen LogP contribution in [0.2, 0.25) is 0 Å². The Labute approximate surface area is 150 Å². The van der Waals surface area contributed by atoms with Gasteiger partial charge in [-0.1, -0.05) is 30.3 Å². The smallest absolute Gasteiger partial charge is 0.238 e. The predicted molar refractivity (Wildman–Crippen MR) is 95.1 cm³/mol. The van der Waals surface area contributed by atoms with Gasteiger partial charge in [-0.15, -0.1) is 11.8 Å². The van der Waals surface area contributed by atoms with Crippen molar-refractivity contribution in [3.8, 4) is 0 Å². The molecule has 1 amide bonds. The Hall–Kier alpha value is -1.92. The number of thioether (sulfide) groups is 1. The molecule has 3 N–H and O–H groups in total. The Morgan fingerprint density at radius 2 is 1.92 bits per heavy atom. The van der Waals surface area contributed by atoms with E-state index >= 15 is 0 Å². The molecule has 1 fully saturated rings. The molecule has 2 aromatic rings. The van der Waals surface area contributed by atoms with Gasteiger partial charge in [0.1, 0.15) is 16.9 Å². The maximum absolute atomic E-state index is 14.0. The van der Waals surface area contributed by atoms with Gasteiger partial charge in [-0.05, 0) is 42.5 Å². The summed E-state index contributed by atoms with van der Waals surface area (Å²) in [6.45, 7) is 0.388. The second-order valence-corrected chi connectivity index (χ2v) is 7.38. The van der Waals surface area contributed by atoms with Crippen molar-refractivity contribution in [3.63, 3.8) is 0 Å². The van der Waals surface area contributed by atoms with Crippen LogP contribution in [0.3, 0.4) is 0 Å². The highest BCUT2D eigenvalue weighted by atomic mass is 32.2. The number of carbonyl (C=O) groups is 1. The first kappa shape index (κ1) is 17.9. The standard InChI is InChI=1S/C19H20F2N2OS/c20-14-8-9-15(21)17(10-14)25-18(13-4-2-1-3-5-13)19(24)23-11-16(22)12-6-7-12/h1-5,8-10,12,16,18H,6-7,11,22H2,(H,23,24). The quantitative estimate of drug-likeness (QED) is 0.739. The molecule has 3 rings (SSSR count). The fraction of sp³-hybridized carbons (Fsp3) is 0.316. The van der Waals surface area contributed by atoms with E-state index in [0.717, 1.165) is 48.4 Å². The summed E-state index contributed by atoms with van der Waals surface area (Å²) in [5, 5.41) is 2.18. The maximum atomic E-state index is 14.0. The number of nitrogens with two attached hydrogens (primary N) is 1. The van der Waals surface area contributed by atoms with Crippen LogP contribution in [0.25, 0.3) is 0 Å². The summed E-state index contributed by atoms with van der Waals surface area (Å²) in [4.78, 5) is 12.8. The predicted octanol–water partition coefficient (Wildman–Crippen LogP) is 3.65. The van der Waals surface area contributed by atoms with Gasteiger partial charge in [0.15, 0.2) is 0 Å². The number of hydrogen-bond acceptors (Lipinski definition) is 3. The van der Waals surface area contributed by atoms with Crippen molar-refractivity contribution in [1.82, 2.24) is 5.32 Å². The van der Waals surface area contributed by atoms with E-state index in [-0.39, 0.29) is 16.8 Å². The third-order valence-corrected chi connectivity index (χ3v) is 5.51. The molecule has 3 nitrogen and oxygen atoms in total. The van der Waals surface area contributed by atoms with Crippen LogP contribution in [-0.4, -0.2) is 18.5 Å². The zero-order valence-electron chi connectivity index (χ0n) is 13.6. The molecular formula is C19H20F2N2OS. The van der Waals surface area contributed by atoms with Crippen LogP contribution in [0.1, 0.15) is 23.7 Å². The number of benzene rings is 2. The summed E-state index contributed by atoms with van der Waals surface area (Å²) in [6.07, 6.45) is 2.20. The van der Waals surface area contributed by atoms with Crippen molar-refractivity contribution >= 4 is 17.7 Å². The summed E-state index contributed by atoms with van der Waals surface area (Å²) in [7, 11) is 0. The lowest BCUT2D eigenvalue weighted by Gasteiger charge is -2.19. The lowest BCUT2D eigenvalue weighted by molar-refractivity contribution is -0.120. The molecular weight excluding hydrogens is 342 g/mol. The molecule has 1 aliphatic rings. The van der Waals surface area contributed by atoms with E-state index in [1.165, 1.54) is 0 Å². The van der Waals surface area contributed by atoms with Gasteiger partial charge in [-0.3, -0.25) is 4.79 Å². The molecule has 0 aliphatic heterocycles. The van der Waals surface area contributed by atoms with Gasteiger partial charge < -0.3 is 11.1 Å². The minimum Gasteiger partial charge on any atom is -0.353 e. The number of carbonyl (C=O) groups excluding carboxylic acids is 1. The highest BCUT2D eigenvalue weighted by molar-refractivity contribution is 8.00. The van der Waals surface area contributed by atoms with Crippen molar-refractivity contribution in [3.05, 3.63) is 65.7 Å². The van der Waals surface area contributed by atoms with E-state index in [9.17, 15) is 13.6 Å². The van der Waals surface area contributed by atoms with E-state index in [1.807, 2.05) is 18.2 Å². The number of amides is 1. The average molecular weight is 362 g/mol. The van der Waals surface area contributed by atoms with Gasteiger partial charge in [0, 0.05) is 17.5 Å². The van der Waals surface area contributed by atoms with Crippen LogP contribution in [-0.2, 0) is 4.79 Å². The number of nitrogens with one attached hydrogen (secondary N) is 1. The largest absolute Gasteiger partial charge is 0.353 e. The fourth-order valence-electron chi connectivity index (χ4n) is 2.60. The minimum absolute atomic E-state index is 0.0590. The van der Waals surface area contributed by atoms with Crippen molar-refractivity contribution in [2.24, 2.45) is 11.7 Å². The highest BCUT2D eigenvalue weighted by Gasteiger charge is 2.30. The van der Waals surface area contributed by atoms with Crippen LogP contribution >= 0.6 is 11.8 Å². The van der Waals surface area contributed by atoms with E-state index in [2.05, 4.69) is 5.32 Å². The molecule has 0 saturated heterocycles. The fourth-order valence-corrected chi connectivity index (χ4v) is 3.70. The van der Waals surface area contributed by atoms with E-state index in [0.29, 0.717) is 12.5 Å². The van der Waals surface area contributed by atoms with Crippen LogP contribution in [0.15, 0.2) is 53.4 Å². The molecule has 25 heavy (non-hydrogen) atoms. The maximum Gasteiger partial charge on any atom is 0.238 e. The van der Waals surface area contributed by atoms with Gasteiger partial charge in [0.25, 0.3) is 0 Å². The first-order valence-corrected chi connectivity index (χ1v) is 9.12. The summed E-state index contributed by atoms with van der Waals surface area (Å²) in [6, 6.07) is 12.3. The van der Waals surface area contributed by atoms with Gasteiger partial charge in [0.2, 0.25) is 5.91 Å². The summed E-state index contributed by atoms with van der Waals surface area (Å²) >= 11 is 0.999. The zero-order valence-corrected chi connectivity index (χ0v) is 14.4. The van der Waals surface area contributed by atoms with E-state index < -0.39 is 16.9 Å². The first-order chi connectivity index (χ1) is 12.0. The second-order valence-electron chi connectivity index (χ2n) is 6.23. The van der Waals surface area contributed by atoms with Crippen LogP contribution < -0.4 is 11.1 Å². The van der Waals surface area contributed by atoms with Gasteiger partial charge in [0.05, 0.1) is 0 Å². The van der Waals surface area contributed by atoms with Crippen molar-refractivity contribution < 1.29 is 13.6 Å². The molecule has 0 bridgehead atoms. The molecule has 2 atom stereocenters. The van der Waals surface area contributed by atoms with Crippen LogP contribution in [0.5, 0.6) is 0 Å². The molecule has 0 aromatic heterocycles. The summed E-state index contributed by atoms with van der Waals surface area (Å²) in [5.41, 5.74) is 6.76. The molecule has 0 spiro atoms. The average Bonchev–Trinajstić information content (AvgIpc) is 3.46. The van der Waals surface area contributed by atoms with Gasteiger partial charge >= 0.3 is 0 Å². The highest BCUT2D eigenvalue weighted by Crippen LogP contribution is 2.37. The first-order valence-electron chi connectivity index (χ1n) is 8.24. The lowest BCUT2D eigenvalue weighted by atomic mass is 10.1. The molecule has 132 valence electrons. The summed E-state index contributed by atoms with van der Waals surface area (Å²) in [5.74, 6) is -0.860. The van der Waals surface area contributed by atoms with Crippen LogP contribution in [0.4, 0.5) is 8.78 Å². The zero-order chi connectivity index (χ0) is 17.8. The molecule has 6 heteroatoms.